The van der Waals surface area contributed by atoms with E-state index in [9.17, 15) is 19.2 Å². The standard InChI is InChI=1S/C19H20N4O.C14H15NO2.C12H11NO2.C11H10BrNO2/c1-11-15-10-23(8-7-17(15)22-21-11)19(24)18-9-14-13(12-5-6-12)3-2-4-16(14)20-18;1-2-17-14(16)13-8-11-10(9-6-7-9)4-3-5-12(11)15-13;14-12(15)11-6-9-8(7-4-5-7)2-1-3-10(9)13-11;1-2-15-11(14)10-6-7-8(12)4-3-5-9(7)13-10/h2-4,9,12,20H,5-8,10H2,1H3,(H,21,22);3-5,8-9,15H,2,6-7H2,1H3;1-3,6-7,13H,4-5H2,(H,14,15);3-6,13H,2H2,1H3. The number of benzene rings is 4. The van der Waals surface area contributed by atoms with Gasteiger partial charge < -0.3 is 39.4 Å². The highest BCUT2D eigenvalue weighted by molar-refractivity contribution is 9.10. The lowest BCUT2D eigenvalue weighted by Gasteiger charge is -2.26. The summed E-state index contributed by atoms with van der Waals surface area (Å²) in [6.45, 7) is 7.78. The maximum Gasteiger partial charge on any atom is 0.354 e. The van der Waals surface area contributed by atoms with Crippen molar-refractivity contribution in [3.8, 4) is 0 Å². The Morgan fingerprint density at radius 3 is 1.51 bits per heavy atom. The van der Waals surface area contributed by atoms with Gasteiger partial charge in [0.1, 0.15) is 22.8 Å². The van der Waals surface area contributed by atoms with Crippen LogP contribution < -0.4 is 0 Å². The molecule has 5 aromatic heterocycles. The first-order valence-electron chi connectivity index (χ1n) is 24.5. The number of aromatic nitrogens is 6. The lowest BCUT2D eigenvalue weighted by atomic mass is 10.0. The van der Waals surface area contributed by atoms with Gasteiger partial charge in [-0.2, -0.15) is 5.10 Å². The first kappa shape index (κ1) is 47.3. The van der Waals surface area contributed by atoms with E-state index in [0.717, 1.165) is 67.1 Å². The molecule has 3 saturated carbocycles. The van der Waals surface area contributed by atoms with Crippen molar-refractivity contribution in [1.29, 1.82) is 0 Å². The number of aryl methyl sites for hydroxylation is 1. The number of fused-ring (bicyclic) bond motifs is 5. The molecule has 4 aliphatic rings. The Morgan fingerprint density at radius 1 is 0.620 bits per heavy atom. The summed E-state index contributed by atoms with van der Waals surface area (Å²) in [5.74, 6) is 0.604. The topological polar surface area (TPSA) is 202 Å². The number of esters is 2. The Bertz CT molecular complexity index is 3450. The van der Waals surface area contributed by atoms with Crippen LogP contribution in [0.1, 0.15) is 146 Å². The zero-order chi connectivity index (χ0) is 49.3. The number of aromatic amines is 5. The molecule has 0 bridgehead atoms. The average molecular weight is 1020 g/mol. The van der Waals surface area contributed by atoms with Gasteiger partial charge in [-0.3, -0.25) is 9.89 Å². The van der Waals surface area contributed by atoms with Crippen LogP contribution in [0.5, 0.6) is 0 Å². The number of nitrogens with one attached hydrogen (secondary N) is 5. The zero-order valence-electron chi connectivity index (χ0n) is 39.9. The number of carbonyl (C=O) groups is 4. The Morgan fingerprint density at radius 2 is 1.04 bits per heavy atom. The number of amides is 1. The van der Waals surface area contributed by atoms with Crippen molar-refractivity contribution in [3.05, 3.63) is 158 Å². The van der Waals surface area contributed by atoms with Gasteiger partial charge >= 0.3 is 17.9 Å². The van der Waals surface area contributed by atoms with Crippen molar-refractivity contribution in [3.63, 3.8) is 0 Å². The van der Waals surface area contributed by atoms with Crippen LogP contribution >= 0.6 is 15.9 Å². The molecule has 15 heteroatoms. The number of hydrogen-bond donors (Lipinski definition) is 6. The van der Waals surface area contributed by atoms with Gasteiger partial charge in [0.05, 0.1) is 18.9 Å². The number of carboxylic acids is 1. The smallest absolute Gasteiger partial charge is 0.354 e. The van der Waals surface area contributed by atoms with Crippen LogP contribution in [0, 0.1) is 6.92 Å². The molecule has 13 rings (SSSR count). The predicted octanol–water partition coefficient (Wildman–Crippen LogP) is 12.3. The lowest BCUT2D eigenvalue weighted by molar-refractivity contribution is 0.0511. The molecule has 0 saturated heterocycles. The van der Waals surface area contributed by atoms with E-state index in [1.54, 1.807) is 19.1 Å². The van der Waals surface area contributed by atoms with Crippen molar-refractivity contribution in [2.75, 3.05) is 19.8 Å². The minimum absolute atomic E-state index is 0.0826. The third-order valence-electron chi connectivity index (χ3n) is 13.6. The van der Waals surface area contributed by atoms with Gasteiger partial charge in [0.15, 0.2) is 0 Å². The second-order valence-corrected chi connectivity index (χ2v) is 19.5. The molecule has 14 nitrogen and oxygen atoms in total. The number of H-pyrrole nitrogens is 5. The number of carbonyl (C=O) groups excluding carboxylic acids is 3. The number of aromatic carboxylic acids is 1. The Labute approximate surface area is 418 Å². The number of nitrogens with zero attached hydrogens (tertiary/aromatic N) is 2. The number of halogens is 1. The van der Waals surface area contributed by atoms with E-state index in [1.165, 1.54) is 66.2 Å². The summed E-state index contributed by atoms with van der Waals surface area (Å²) >= 11 is 3.43. The highest BCUT2D eigenvalue weighted by Crippen LogP contribution is 2.45. The molecule has 0 atom stereocenters. The lowest BCUT2D eigenvalue weighted by Crippen LogP contribution is -2.36. The zero-order valence-corrected chi connectivity index (χ0v) is 41.5. The van der Waals surface area contributed by atoms with Crippen molar-refractivity contribution >= 4 is 83.4 Å². The fraction of sp³-hybridized carbons (Fsp3) is 0.304. The Balaban J connectivity index is 0.000000112. The molecule has 364 valence electrons. The maximum atomic E-state index is 13.0. The van der Waals surface area contributed by atoms with E-state index in [1.807, 2.05) is 73.3 Å². The van der Waals surface area contributed by atoms with Gasteiger partial charge in [-0.05, 0) is 148 Å². The summed E-state index contributed by atoms with van der Waals surface area (Å²) in [4.78, 5) is 61.2. The monoisotopic (exact) mass is 1020 g/mol. The van der Waals surface area contributed by atoms with E-state index >= 15 is 0 Å². The number of rotatable bonds is 9. The summed E-state index contributed by atoms with van der Waals surface area (Å²) in [6, 6.07) is 31.8. The second-order valence-electron chi connectivity index (χ2n) is 18.7. The molecule has 1 aliphatic heterocycles. The summed E-state index contributed by atoms with van der Waals surface area (Å²) < 4.78 is 10.9. The molecule has 0 unspecified atom stereocenters. The highest BCUT2D eigenvalue weighted by Gasteiger charge is 2.30. The minimum Gasteiger partial charge on any atom is -0.477 e. The summed E-state index contributed by atoms with van der Waals surface area (Å²) in [6.07, 6.45) is 8.33. The molecule has 1 amide bonds. The van der Waals surface area contributed by atoms with E-state index in [0.29, 0.717) is 54.6 Å². The molecule has 0 radical (unpaired) electrons. The van der Waals surface area contributed by atoms with E-state index in [-0.39, 0.29) is 23.5 Å². The van der Waals surface area contributed by atoms with Crippen LogP contribution in [0.4, 0.5) is 0 Å². The van der Waals surface area contributed by atoms with Crippen LogP contribution in [-0.2, 0) is 22.4 Å². The molecule has 71 heavy (non-hydrogen) atoms. The first-order valence-corrected chi connectivity index (χ1v) is 25.3. The van der Waals surface area contributed by atoms with Gasteiger partial charge in [0, 0.05) is 78.9 Å². The van der Waals surface area contributed by atoms with E-state index < -0.39 is 5.97 Å². The van der Waals surface area contributed by atoms with Crippen LogP contribution in [-0.4, -0.2) is 83.7 Å². The summed E-state index contributed by atoms with van der Waals surface area (Å²) in [5, 5.41) is 20.7. The van der Waals surface area contributed by atoms with Crippen molar-refractivity contribution in [2.45, 2.75) is 90.0 Å². The molecular formula is C56H56BrN7O7. The Hall–Kier alpha value is -7.39. The van der Waals surface area contributed by atoms with Gasteiger partial charge in [-0.25, -0.2) is 14.4 Å². The molecule has 6 heterocycles. The molecular weight excluding hydrogens is 963 g/mol. The molecule has 3 aliphatic carbocycles. The molecule has 4 aromatic carbocycles. The third-order valence-corrected chi connectivity index (χ3v) is 14.3. The summed E-state index contributed by atoms with van der Waals surface area (Å²) in [7, 11) is 0. The van der Waals surface area contributed by atoms with Gasteiger partial charge in [-0.15, -0.1) is 0 Å². The van der Waals surface area contributed by atoms with Crippen LogP contribution in [0.25, 0.3) is 43.6 Å². The molecule has 6 N–H and O–H groups in total. The third kappa shape index (κ3) is 10.3. The van der Waals surface area contributed by atoms with Crippen LogP contribution in [0.3, 0.4) is 0 Å². The average Bonchev–Trinajstić information content (AvgIpc) is 4.34. The first-order chi connectivity index (χ1) is 34.5. The maximum absolute atomic E-state index is 13.0. The van der Waals surface area contributed by atoms with E-state index in [2.05, 4.69) is 76.4 Å². The Kier molecular flexibility index (Phi) is 13.4. The highest BCUT2D eigenvalue weighted by atomic mass is 79.9. The van der Waals surface area contributed by atoms with Crippen molar-refractivity contribution in [1.82, 2.24) is 35.0 Å². The largest absolute Gasteiger partial charge is 0.477 e. The van der Waals surface area contributed by atoms with Gasteiger partial charge in [-0.1, -0.05) is 58.4 Å². The molecule has 3 fully saturated rings. The predicted molar refractivity (Wildman–Crippen MR) is 277 cm³/mol. The minimum atomic E-state index is -0.895. The SMILES string of the molecule is CCOC(=O)c1cc2c(Br)cccc2[nH]1.CCOC(=O)c1cc2c(C3CC3)cccc2[nH]1.Cc1[nH]nc2c1CN(C(=O)c1cc3c(C4CC4)cccc3[nH]1)CC2.O=C(O)c1cc2c(C3CC3)cccc2[nH]1. The summed E-state index contributed by atoms with van der Waals surface area (Å²) in [5.41, 5.74) is 13.3. The van der Waals surface area contributed by atoms with Crippen molar-refractivity contribution in [2.24, 2.45) is 0 Å². The van der Waals surface area contributed by atoms with E-state index in [4.69, 9.17) is 14.6 Å². The quantitative estimate of drug-likeness (QED) is 0.0766. The fourth-order valence-corrected chi connectivity index (χ4v) is 10.0. The molecule has 0 spiro atoms. The molecule has 9 aromatic rings. The van der Waals surface area contributed by atoms with Gasteiger partial charge in [0.25, 0.3) is 5.91 Å². The van der Waals surface area contributed by atoms with Gasteiger partial charge in [0.2, 0.25) is 0 Å². The van der Waals surface area contributed by atoms with Crippen LogP contribution in [0.2, 0.25) is 0 Å². The number of carboxylic acid groups (broad SMARTS) is 1. The van der Waals surface area contributed by atoms with Crippen molar-refractivity contribution < 1.29 is 33.8 Å². The normalized spacial score (nSPS) is 15.0. The second kappa shape index (κ2) is 20.1. The number of ether oxygens (including phenoxy) is 2. The van der Waals surface area contributed by atoms with Crippen LogP contribution in [0.15, 0.2) is 102 Å². The fourth-order valence-electron chi connectivity index (χ4n) is 9.55. The number of hydrogen-bond acceptors (Lipinski definition) is 7.